The van der Waals surface area contributed by atoms with E-state index in [9.17, 15) is 0 Å². The molecule has 0 bridgehead atoms. The van der Waals surface area contributed by atoms with E-state index >= 15 is 0 Å². The zero-order chi connectivity index (χ0) is 29.5. The van der Waals surface area contributed by atoms with E-state index in [-0.39, 0.29) is 0 Å². The van der Waals surface area contributed by atoms with Crippen molar-refractivity contribution in [2.75, 3.05) is 0 Å². The molecular formula is C39H26N4. The first-order valence-electron chi connectivity index (χ1n) is 14.8. The van der Waals surface area contributed by atoms with E-state index in [2.05, 4.69) is 71.3 Å². The van der Waals surface area contributed by atoms with Crippen molar-refractivity contribution in [1.29, 1.82) is 0 Å². The summed E-state index contributed by atoms with van der Waals surface area (Å²) in [5.41, 5.74) is 7.94. The highest BCUT2D eigenvalue weighted by atomic mass is 15.0. The quantitative estimate of drug-likeness (QED) is 0.214. The van der Waals surface area contributed by atoms with Crippen molar-refractivity contribution in [3.63, 3.8) is 0 Å². The lowest BCUT2D eigenvalue weighted by Gasteiger charge is -2.16. The summed E-state index contributed by atoms with van der Waals surface area (Å²) in [5, 5.41) is 1.99. The van der Waals surface area contributed by atoms with Crippen LogP contribution in [0.15, 0.2) is 158 Å². The monoisotopic (exact) mass is 551 g/mol. The molecule has 4 nitrogen and oxygen atoms in total. The van der Waals surface area contributed by atoms with Crippen LogP contribution >= 0.6 is 0 Å². The first kappa shape index (κ1) is 23.8. The van der Waals surface area contributed by atoms with Gasteiger partial charge in [-0.2, -0.15) is 0 Å². The number of hydrogen-bond donors (Lipinski definition) is 0. The van der Waals surface area contributed by atoms with Gasteiger partial charge < -0.3 is 4.57 Å². The second-order valence-electron chi connectivity index (χ2n) is 10.4. The predicted molar refractivity (Wildman–Crippen MR) is 176 cm³/mol. The van der Waals surface area contributed by atoms with Gasteiger partial charge in [-0.05, 0) is 23.8 Å². The molecule has 0 N–H and O–H groups in total. The molecule has 2 heterocycles. The van der Waals surface area contributed by atoms with Gasteiger partial charge in [-0.1, -0.05) is 140 Å². The molecule has 0 saturated heterocycles. The first-order chi connectivity index (χ1) is 21.7. The van der Waals surface area contributed by atoms with Crippen molar-refractivity contribution in [2.45, 2.75) is 0 Å². The molecule has 0 radical (unpaired) electrons. The van der Waals surface area contributed by atoms with Gasteiger partial charge in [0.05, 0.1) is 18.1 Å². The van der Waals surface area contributed by atoms with Crippen molar-refractivity contribution in [3.8, 4) is 51.0 Å². The minimum Gasteiger partial charge on any atom is -0.309 e. The summed E-state index contributed by atoms with van der Waals surface area (Å²) in [4.78, 5) is 14.9. The molecule has 0 saturated carbocycles. The van der Waals surface area contributed by atoms with Gasteiger partial charge in [0.1, 0.15) is 0 Å². The Hall–Kier alpha value is -5.87. The van der Waals surface area contributed by atoms with Gasteiger partial charge in [0.2, 0.25) is 0 Å². The standard InChI is InChI=1S/C39H26N4/c1-4-14-27(15-5-1)31-25-24-30(26-36(31)43-34-22-12-10-20-32(34)33-21-11-13-23-35(33)43)39-41-37(28-16-6-2-7-17-28)40-38(42-39)29-18-8-3-9-19-29/h1-26H/i20D. The average molecular weight is 552 g/mol. The lowest BCUT2D eigenvalue weighted by molar-refractivity contribution is 1.07. The maximum atomic E-state index is 8.79. The molecule has 0 fully saturated rings. The van der Waals surface area contributed by atoms with Crippen LogP contribution in [0.5, 0.6) is 0 Å². The highest BCUT2D eigenvalue weighted by Crippen LogP contribution is 2.38. The molecule has 8 aromatic rings. The molecule has 0 atom stereocenters. The van der Waals surface area contributed by atoms with Gasteiger partial charge >= 0.3 is 0 Å². The highest BCUT2D eigenvalue weighted by molar-refractivity contribution is 6.09. The van der Waals surface area contributed by atoms with Gasteiger partial charge in [-0.3, -0.25) is 0 Å². The fraction of sp³-hybridized carbons (Fsp3) is 0. The van der Waals surface area contributed by atoms with Crippen molar-refractivity contribution >= 4 is 21.8 Å². The summed E-state index contributed by atoms with van der Waals surface area (Å²) in [5.74, 6) is 1.85. The second kappa shape index (κ2) is 10.5. The van der Waals surface area contributed by atoms with Crippen LogP contribution in [-0.2, 0) is 0 Å². The van der Waals surface area contributed by atoms with Crippen molar-refractivity contribution in [2.24, 2.45) is 0 Å². The zero-order valence-corrected chi connectivity index (χ0v) is 23.2. The molecule has 202 valence electrons. The van der Waals surface area contributed by atoms with Crippen LogP contribution in [0.3, 0.4) is 0 Å². The van der Waals surface area contributed by atoms with Gasteiger partial charge in [0.25, 0.3) is 0 Å². The predicted octanol–water partition coefficient (Wildman–Crippen LogP) is 9.64. The molecule has 6 aromatic carbocycles. The van der Waals surface area contributed by atoms with Crippen LogP contribution in [0, 0.1) is 0 Å². The minimum absolute atomic E-state index is 0.507. The molecule has 43 heavy (non-hydrogen) atoms. The Kier molecular flexibility index (Phi) is 5.82. The molecular weight excluding hydrogens is 524 g/mol. The minimum atomic E-state index is 0.507. The fourth-order valence-corrected chi connectivity index (χ4v) is 5.75. The molecule has 0 aliphatic heterocycles. The normalized spacial score (nSPS) is 11.6. The Morgan fingerprint density at radius 3 is 1.53 bits per heavy atom. The molecule has 0 aliphatic carbocycles. The van der Waals surface area contributed by atoms with E-state index in [4.69, 9.17) is 16.3 Å². The van der Waals surface area contributed by atoms with E-state index in [1.807, 2.05) is 84.9 Å². The Bertz CT molecular complexity index is 2220. The van der Waals surface area contributed by atoms with Gasteiger partial charge in [0.15, 0.2) is 17.5 Å². The van der Waals surface area contributed by atoms with Gasteiger partial charge in [0, 0.05) is 33.0 Å². The van der Waals surface area contributed by atoms with E-state index in [0.29, 0.717) is 23.5 Å². The molecule has 0 unspecified atom stereocenters. The number of hydrogen-bond acceptors (Lipinski definition) is 3. The lowest BCUT2D eigenvalue weighted by Crippen LogP contribution is -2.02. The largest absolute Gasteiger partial charge is 0.309 e. The molecule has 4 heteroatoms. The van der Waals surface area contributed by atoms with Crippen LogP contribution in [0.1, 0.15) is 1.37 Å². The van der Waals surface area contributed by atoms with E-state index < -0.39 is 0 Å². The Balaban J connectivity index is 1.42. The third-order valence-corrected chi connectivity index (χ3v) is 7.77. The topological polar surface area (TPSA) is 43.6 Å². The van der Waals surface area contributed by atoms with Crippen LogP contribution < -0.4 is 0 Å². The van der Waals surface area contributed by atoms with Crippen LogP contribution in [0.25, 0.3) is 72.8 Å². The summed E-state index contributed by atoms with van der Waals surface area (Å²) in [6.45, 7) is 0. The molecule has 0 spiro atoms. The highest BCUT2D eigenvalue weighted by Gasteiger charge is 2.18. The Labute approximate surface area is 251 Å². The number of benzene rings is 6. The number of nitrogens with zero attached hydrogens (tertiary/aromatic N) is 4. The fourth-order valence-electron chi connectivity index (χ4n) is 5.75. The number of fused-ring (bicyclic) bond motifs is 3. The smallest absolute Gasteiger partial charge is 0.164 e. The van der Waals surface area contributed by atoms with E-state index in [1.54, 1.807) is 0 Å². The van der Waals surface area contributed by atoms with E-state index in [1.165, 1.54) is 0 Å². The summed E-state index contributed by atoms with van der Waals surface area (Å²) in [6, 6.07) is 51.6. The maximum absolute atomic E-state index is 8.79. The summed E-state index contributed by atoms with van der Waals surface area (Å²) >= 11 is 0. The summed E-state index contributed by atoms with van der Waals surface area (Å²) in [7, 11) is 0. The molecule has 0 amide bonds. The van der Waals surface area contributed by atoms with Crippen LogP contribution in [-0.4, -0.2) is 19.5 Å². The maximum Gasteiger partial charge on any atom is 0.164 e. The first-order valence-corrected chi connectivity index (χ1v) is 14.3. The zero-order valence-electron chi connectivity index (χ0n) is 24.2. The lowest BCUT2D eigenvalue weighted by atomic mass is 10.0. The second-order valence-corrected chi connectivity index (χ2v) is 10.4. The molecule has 8 rings (SSSR count). The van der Waals surface area contributed by atoms with Crippen molar-refractivity contribution in [3.05, 3.63) is 158 Å². The summed E-state index contributed by atoms with van der Waals surface area (Å²) < 4.78 is 11.1. The van der Waals surface area contributed by atoms with Gasteiger partial charge in [-0.15, -0.1) is 0 Å². The third-order valence-electron chi connectivity index (χ3n) is 7.77. The van der Waals surface area contributed by atoms with Crippen LogP contribution in [0.2, 0.25) is 0 Å². The molecule has 0 aliphatic rings. The SMILES string of the molecule is [2H]c1cccc2c1c1ccccc1n2-c1cc(-c2nc(-c3ccccc3)nc(-c3ccccc3)n2)ccc1-c1ccccc1. The Morgan fingerprint density at radius 2 is 0.907 bits per heavy atom. The van der Waals surface area contributed by atoms with Crippen LogP contribution in [0.4, 0.5) is 0 Å². The van der Waals surface area contributed by atoms with Crippen molar-refractivity contribution in [1.82, 2.24) is 19.5 Å². The van der Waals surface area contributed by atoms with E-state index in [0.717, 1.165) is 55.3 Å². The summed E-state index contributed by atoms with van der Waals surface area (Å²) in [6.07, 6.45) is 0. The Morgan fingerprint density at radius 1 is 0.419 bits per heavy atom. The van der Waals surface area contributed by atoms with Gasteiger partial charge in [-0.25, -0.2) is 15.0 Å². The molecule has 2 aromatic heterocycles. The average Bonchev–Trinajstić information content (AvgIpc) is 3.44. The number of rotatable bonds is 5. The number of para-hydroxylation sites is 2. The van der Waals surface area contributed by atoms with Crippen molar-refractivity contribution < 1.29 is 1.37 Å². The number of aromatic nitrogens is 4. The third kappa shape index (κ3) is 4.46.